The summed E-state index contributed by atoms with van der Waals surface area (Å²) in [6, 6.07) is 5.45. The van der Waals surface area contributed by atoms with Crippen LogP contribution in [0.15, 0.2) is 18.2 Å². The van der Waals surface area contributed by atoms with E-state index in [-0.39, 0.29) is 48.1 Å². The van der Waals surface area contributed by atoms with E-state index in [0.29, 0.717) is 11.5 Å². The fourth-order valence-corrected chi connectivity index (χ4v) is 4.70. The number of anilines is 1. The van der Waals surface area contributed by atoms with Crippen LogP contribution in [0.2, 0.25) is 0 Å². The fraction of sp³-hybridized carbons (Fsp3) is 0.429. The van der Waals surface area contributed by atoms with Gasteiger partial charge in [0.15, 0.2) is 17.2 Å². The zero-order chi connectivity index (χ0) is 22.7. The highest BCUT2D eigenvalue weighted by Crippen LogP contribution is 2.33. The van der Waals surface area contributed by atoms with Crippen LogP contribution in [-0.2, 0) is 11.3 Å². The maximum Gasteiger partial charge on any atom is 0.270 e. The molecule has 0 spiro atoms. The third kappa shape index (κ3) is 4.77. The van der Waals surface area contributed by atoms with E-state index in [1.165, 1.54) is 11.3 Å². The zero-order valence-electron chi connectivity index (χ0n) is 17.5. The summed E-state index contributed by atoms with van der Waals surface area (Å²) in [5.41, 5.74) is 11.8. The molecule has 32 heavy (non-hydrogen) atoms. The first kappa shape index (κ1) is 21.9. The SMILES string of the molecule is NC(=O)c1nsc(C(=O)N(CC(=O)NC2CCCCC2)Cc2ccc3c(c2)OCO3)c1N. The summed E-state index contributed by atoms with van der Waals surface area (Å²) >= 11 is 0.791. The predicted octanol–water partition coefficient (Wildman–Crippen LogP) is 1.64. The molecule has 1 aromatic carbocycles. The molecule has 10 nitrogen and oxygen atoms in total. The van der Waals surface area contributed by atoms with E-state index in [1.807, 2.05) is 0 Å². The van der Waals surface area contributed by atoms with Gasteiger partial charge in [0.05, 0.1) is 5.69 Å². The number of fused-ring (bicyclic) bond motifs is 1. The molecular weight excluding hydrogens is 434 g/mol. The molecule has 0 saturated heterocycles. The Kier molecular flexibility index (Phi) is 6.45. The van der Waals surface area contributed by atoms with Gasteiger partial charge in [-0.25, -0.2) is 0 Å². The Labute approximate surface area is 189 Å². The normalized spacial score (nSPS) is 15.4. The summed E-state index contributed by atoms with van der Waals surface area (Å²) in [4.78, 5) is 39.0. The third-order valence-electron chi connectivity index (χ3n) is 5.56. The number of primary amides is 1. The zero-order valence-corrected chi connectivity index (χ0v) is 18.3. The van der Waals surface area contributed by atoms with Crippen LogP contribution in [0.25, 0.3) is 0 Å². The van der Waals surface area contributed by atoms with Gasteiger partial charge < -0.3 is 31.2 Å². The second-order valence-electron chi connectivity index (χ2n) is 7.89. The van der Waals surface area contributed by atoms with E-state index in [0.717, 1.165) is 42.8 Å². The van der Waals surface area contributed by atoms with E-state index < -0.39 is 11.8 Å². The quantitative estimate of drug-likeness (QED) is 0.569. The molecule has 170 valence electrons. The Bertz CT molecular complexity index is 1030. The Morgan fingerprint density at radius 1 is 1.16 bits per heavy atom. The summed E-state index contributed by atoms with van der Waals surface area (Å²) in [5, 5.41) is 3.03. The summed E-state index contributed by atoms with van der Waals surface area (Å²) in [7, 11) is 0. The molecule has 3 amide bonds. The molecule has 1 aromatic heterocycles. The number of rotatable bonds is 7. The molecule has 2 heterocycles. The van der Waals surface area contributed by atoms with Crippen LogP contribution >= 0.6 is 11.5 Å². The molecule has 0 atom stereocenters. The van der Waals surface area contributed by atoms with Crippen molar-refractivity contribution in [1.82, 2.24) is 14.6 Å². The third-order valence-corrected chi connectivity index (χ3v) is 6.41. The minimum atomic E-state index is -0.810. The molecule has 1 saturated carbocycles. The number of carbonyl (C=O) groups is 3. The molecule has 0 unspecified atom stereocenters. The minimum Gasteiger partial charge on any atom is -0.454 e. The molecule has 1 aliphatic carbocycles. The Balaban J connectivity index is 1.54. The molecule has 1 aliphatic heterocycles. The van der Waals surface area contributed by atoms with Crippen LogP contribution in [0.3, 0.4) is 0 Å². The first-order chi connectivity index (χ1) is 15.4. The number of amides is 3. The lowest BCUT2D eigenvalue weighted by molar-refractivity contribution is -0.122. The highest BCUT2D eigenvalue weighted by Gasteiger charge is 2.28. The molecule has 2 aliphatic rings. The van der Waals surface area contributed by atoms with E-state index >= 15 is 0 Å². The number of nitrogens with two attached hydrogens (primary N) is 2. The minimum absolute atomic E-state index is 0.0733. The number of carbonyl (C=O) groups excluding carboxylic acids is 3. The number of hydrogen-bond donors (Lipinski definition) is 3. The number of nitrogens with zero attached hydrogens (tertiary/aromatic N) is 2. The molecule has 11 heteroatoms. The van der Waals surface area contributed by atoms with E-state index in [9.17, 15) is 14.4 Å². The number of aromatic nitrogens is 1. The van der Waals surface area contributed by atoms with Crippen LogP contribution in [0, 0.1) is 0 Å². The van der Waals surface area contributed by atoms with Crippen molar-refractivity contribution in [2.75, 3.05) is 19.1 Å². The standard InChI is InChI=1S/C21H25N5O5S/c22-17-18(20(23)28)25-32-19(17)21(29)26(10-16(27)24-13-4-2-1-3-5-13)9-12-6-7-14-15(8-12)31-11-30-14/h6-8,13H,1-5,9-11,22H2,(H2,23,28)(H,24,27). The average Bonchev–Trinajstić information content (AvgIpc) is 3.39. The van der Waals surface area contributed by atoms with Crippen molar-refractivity contribution in [3.05, 3.63) is 34.3 Å². The first-order valence-electron chi connectivity index (χ1n) is 10.4. The van der Waals surface area contributed by atoms with E-state index in [2.05, 4.69) is 9.69 Å². The van der Waals surface area contributed by atoms with Crippen LogP contribution in [0.4, 0.5) is 5.69 Å². The maximum atomic E-state index is 13.3. The van der Waals surface area contributed by atoms with Crippen LogP contribution in [-0.4, -0.2) is 46.4 Å². The highest BCUT2D eigenvalue weighted by molar-refractivity contribution is 7.09. The number of benzene rings is 1. The molecule has 4 rings (SSSR count). The molecule has 0 bridgehead atoms. The summed E-state index contributed by atoms with van der Waals surface area (Å²) in [6.45, 7) is 0.113. The monoisotopic (exact) mass is 459 g/mol. The fourth-order valence-electron chi connectivity index (χ4n) is 3.93. The lowest BCUT2D eigenvalue weighted by atomic mass is 9.95. The predicted molar refractivity (Wildman–Crippen MR) is 117 cm³/mol. The molecule has 2 aromatic rings. The second-order valence-corrected chi connectivity index (χ2v) is 8.66. The molecular formula is C21H25N5O5S. The van der Waals surface area contributed by atoms with Crippen molar-refractivity contribution in [2.45, 2.75) is 44.7 Å². The molecule has 0 radical (unpaired) electrons. The Morgan fingerprint density at radius 3 is 2.62 bits per heavy atom. The van der Waals surface area contributed by atoms with Gasteiger partial charge in [-0.2, -0.15) is 4.37 Å². The van der Waals surface area contributed by atoms with Crippen LogP contribution in [0.1, 0.15) is 57.8 Å². The Hall–Kier alpha value is -3.34. The number of nitrogen functional groups attached to an aromatic ring is 1. The lowest BCUT2D eigenvalue weighted by Crippen LogP contribution is -2.44. The first-order valence-corrected chi connectivity index (χ1v) is 11.2. The second kappa shape index (κ2) is 9.43. The van der Waals surface area contributed by atoms with Crippen molar-refractivity contribution in [3.63, 3.8) is 0 Å². The average molecular weight is 460 g/mol. The molecule has 1 fully saturated rings. The van der Waals surface area contributed by atoms with Gasteiger partial charge in [0.2, 0.25) is 12.7 Å². The van der Waals surface area contributed by atoms with Crippen molar-refractivity contribution >= 4 is 34.9 Å². The van der Waals surface area contributed by atoms with Crippen molar-refractivity contribution in [3.8, 4) is 11.5 Å². The number of nitrogens with one attached hydrogen (secondary N) is 1. The summed E-state index contributed by atoms with van der Waals surface area (Å²) in [6.07, 6.45) is 5.21. The van der Waals surface area contributed by atoms with Crippen molar-refractivity contribution in [1.29, 1.82) is 0 Å². The van der Waals surface area contributed by atoms with E-state index in [4.69, 9.17) is 20.9 Å². The van der Waals surface area contributed by atoms with Gasteiger partial charge in [0.1, 0.15) is 11.4 Å². The van der Waals surface area contributed by atoms with Gasteiger partial charge in [-0.05, 0) is 42.1 Å². The van der Waals surface area contributed by atoms with Crippen molar-refractivity contribution < 1.29 is 23.9 Å². The van der Waals surface area contributed by atoms with Gasteiger partial charge in [0, 0.05) is 12.6 Å². The van der Waals surface area contributed by atoms with Crippen LogP contribution < -0.4 is 26.3 Å². The van der Waals surface area contributed by atoms with Crippen molar-refractivity contribution in [2.24, 2.45) is 5.73 Å². The summed E-state index contributed by atoms with van der Waals surface area (Å²) < 4.78 is 14.6. The Morgan fingerprint density at radius 2 is 1.91 bits per heavy atom. The number of hydrogen-bond acceptors (Lipinski definition) is 8. The lowest BCUT2D eigenvalue weighted by Gasteiger charge is -2.26. The van der Waals surface area contributed by atoms with Gasteiger partial charge in [-0.15, -0.1) is 0 Å². The van der Waals surface area contributed by atoms with Crippen LogP contribution in [0.5, 0.6) is 11.5 Å². The summed E-state index contributed by atoms with van der Waals surface area (Å²) in [5.74, 6) is -0.349. The topological polar surface area (TPSA) is 150 Å². The van der Waals surface area contributed by atoms with Gasteiger partial charge in [-0.3, -0.25) is 14.4 Å². The largest absolute Gasteiger partial charge is 0.454 e. The molecule has 5 N–H and O–H groups in total. The van der Waals surface area contributed by atoms with E-state index in [1.54, 1.807) is 18.2 Å². The maximum absolute atomic E-state index is 13.3. The van der Waals surface area contributed by atoms with Gasteiger partial charge >= 0.3 is 0 Å². The smallest absolute Gasteiger partial charge is 0.270 e. The van der Waals surface area contributed by atoms with Gasteiger partial charge in [-0.1, -0.05) is 25.3 Å². The highest BCUT2D eigenvalue weighted by atomic mass is 32.1. The van der Waals surface area contributed by atoms with Gasteiger partial charge in [0.25, 0.3) is 11.8 Å². The number of ether oxygens (including phenoxy) is 2.